The molecule has 0 aromatic heterocycles. The Bertz CT molecular complexity index is 399. The highest BCUT2D eigenvalue weighted by Crippen LogP contribution is 2.12. The van der Waals surface area contributed by atoms with Crippen LogP contribution >= 0.6 is 24.0 Å². The first kappa shape index (κ1) is 19.0. The molecule has 0 aliphatic heterocycles. The second-order valence-electron chi connectivity index (χ2n) is 5.36. The zero-order valence-corrected chi connectivity index (χ0v) is 15.2. The van der Waals surface area contributed by atoms with Crippen molar-refractivity contribution in [3.8, 4) is 0 Å². The van der Waals surface area contributed by atoms with Gasteiger partial charge < -0.3 is 16.0 Å². The van der Waals surface area contributed by atoms with Gasteiger partial charge in [0.2, 0.25) is 0 Å². The first-order valence-corrected chi connectivity index (χ1v) is 6.79. The van der Waals surface area contributed by atoms with Crippen LogP contribution in [0.5, 0.6) is 0 Å². The van der Waals surface area contributed by atoms with Gasteiger partial charge in [-0.3, -0.25) is 4.99 Å². The van der Waals surface area contributed by atoms with Gasteiger partial charge in [-0.25, -0.2) is 0 Å². The fraction of sp³-hybridized carbons (Fsp3) is 0.533. The molecule has 0 fully saturated rings. The van der Waals surface area contributed by atoms with Gasteiger partial charge in [-0.05, 0) is 30.0 Å². The van der Waals surface area contributed by atoms with E-state index in [9.17, 15) is 0 Å². The standard InChI is InChI=1S/C15H26N4.HI/c1-12(2)11-18-15(16)17-10-9-13-5-7-14(8-6-13)19(3)4;/h5-8,12H,9-11H2,1-4H3,(H3,16,17,18);1H. The van der Waals surface area contributed by atoms with E-state index in [1.807, 2.05) is 14.1 Å². The highest BCUT2D eigenvalue weighted by Gasteiger charge is 1.98. The quantitative estimate of drug-likeness (QED) is 0.446. The third-order valence-electron chi connectivity index (χ3n) is 2.80. The molecule has 0 aliphatic carbocycles. The Kier molecular flexibility index (Phi) is 9.37. The smallest absolute Gasteiger partial charge is 0.188 e. The van der Waals surface area contributed by atoms with Crippen LogP contribution in [0.2, 0.25) is 0 Å². The summed E-state index contributed by atoms with van der Waals surface area (Å²) in [5.74, 6) is 1.08. The molecule has 0 spiro atoms. The van der Waals surface area contributed by atoms with Gasteiger partial charge in [0.05, 0.1) is 0 Å². The lowest BCUT2D eigenvalue weighted by atomic mass is 10.1. The summed E-state index contributed by atoms with van der Waals surface area (Å²) in [7, 11) is 4.09. The van der Waals surface area contributed by atoms with E-state index in [2.05, 4.69) is 53.3 Å². The molecule has 0 saturated carbocycles. The SMILES string of the molecule is CC(C)CN=C(N)NCCc1ccc(N(C)C)cc1.I. The molecule has 0 atom stereocenters. The van der Waals surface area contributed by atoms with Gasteiger partial charge >= 0.3 is 0 Å². The first-order valence-electron chi connectivity index (χ1n) is 6.79. The predicted molar refractivity (Wildman–Crippen MR) is 99.2 cm³/mol. The summed E-state index contributed by atoms with van der Waals surface area (Å²) in [5, 5.41) is 3.14. The third kappa shape index (κ3) is 7.57. The van der Waals surface area contributed by atoms with Crippen molar-refractivity contribution in [1.82, 2.24) is 5.32 Å². The van der Waals surface area contributed by atoms with Gasteiger partial charge in [0, 0.05) is 32.9 Å². The molecule has 0 saturated heterocycles. The van der Waals surface area contributed by atoms with Crippen molar-refractivity contribution in [2.45, 2.75) is 20.3 Å². The van der Waals surface area contributed by atoms with Crippen molar-refractivity contribution in [2.75, 3.05) is 32.1 Å². The Hall–Kier alpha value is -0.980. The zero-order chi connectivity index (χ0) is 14.3. The Balaban J connectivity index is 0.00000361. The maximum atomic E-state index is 5.78. The van der Waals surface area contributed by atoms with Gasteiger partial charge in [0.15, 0.2) is 5.96 Å². The molecule has 0 aliphatic rings. The van der Waals surface area contributed by atoms with Gasteiger partial charge in [-0.1, -0.05) is 26.0 Å². The number of hydrogen-bond donors (Lipinski definition) is 2. The van der Waals surface area contributed by atoms with E-state index in [4.69, 9.17) is 5.73 Å². The highest BCUT2D eigenvalue weighted by atomic mass is 127. The van der Waals surface area contributed by atoms with Crippen LogP contribution in [0.4, 0.5) is 5.69 Å². The van der Waals surface area contributed by atoms with Crippen molar-refractivity contribution in [2.24, 2.45) is 16.6 Å². The molecule has 1 aromatic rings. The lowest BCUT2D eigenvalue weighted by Gasteiger charge is -2.13. The van der Waals surface area contributed by atoms with E-state index in [-0.39, 0.29) is 24.0 Å². The number of benzene rings is 1. The van der Waals surface area contributed by atoms with Gasteiger partial charge in [-0.2, -0.15) is 0 Å². The number of rotatable bonds is 6. The van der Waals surface area contributed by atoms with Crippen LogP contribution in [0.15, 0.2) is 29.3 Å². The molecule has 5 heteroatoms. The average Bonchev–Trinajstić information content (AvgIpc) is 2.37. The molecule has 0 unspecified atom stereocenters. The summed E-state index contributed by atoms with van der Waals surface area (Å²) >= 11 is 0. The summed E-state index contributed by atoms with van der Waals surface area (Å²) in [5.41, 5.74) is 8.30. The highest BCUT2D eigenvalue weighted by molar-refractivity contribution is 14.0. The molecule has 4 nitrogen and oxygen atoms in total. The number of halogens is 1. The van der Waals surface area contributed by atoms with Crippen molar-refractivity contribution >= 4 is 35.6 Å². The number of nitrogens with zero attached hydrogens (tertiary/aromatic N) is 2. The summed E-state index contributed by atoms with van der Waals surface area (Å²) in [6.45, 7) is 5.84. The van der Waals surface area contributed by atoms with Crippen LogP contribution in [0, 0.1) is 5.92 Å². The lowest BCUT2D eigenvalue weighted by Crippen LogP contribution is -2.33. The van der Waals surface area contributed by atoms with Crippen LogP contribution in [0.25, 0.3) is 0 Å². The molecule has 0 radical (unpaired) electrons. The lowest BCUT2D eigenvalue weighted by molar-refractivity contribution is 0.661. The molecule has 3 N–H and O–H groups in total. The van der Waals surface area contributed by atoms with Crippen LogP contribution in [0.3, 0.4) is 0 Å². The maximum absolute atomic E-state index is 5.78. The molecule has 20 heavy (non-hydrogen) atoms. The third-order valence-corrected chi connectivity index (χ3v) is 2.80. The van der Waals surface area contributed by atoms with Gasteiger partial charge in [0.1, 0.15) is 0 Å². The van der Waals surface area contributed by atoms with Gasteiger partial charge in [-0.15, -0.1) is 24.0 Å². The van der Waals surface area contributed by atoms with Crippen molar-refractivity contribution < 1.29 is 0 Å². The molecule has 1 rings (SSSR count). The zero-order valence-electron chi connectivity index (χ0n) is 12.9. The van der Waals surface area contributed by atoms with Crippen molar-refractivity contribution in [3.63, 3.8) is 0 Å². The Labute approximate surface area is 139 Å². The molecule has 1 aromatic carbocycles. The summed E-state index contributed by atoms with van der Waals surface area (Å²) in [6.07, 6.45) is 0.950. The Morgan fingerprint density at radius 1 is 1.25 bits per heavy atom. The number of hydrogen-bond acceptors (Lipinski definition) is 2. The number of aliphatic imine (C=N–C) groups is 1. The van der Waals surface area contributed by atoms with Gasteiger partial charge in [0.25, 0.3) is 0 Å². The molecular weight excluding hydrogens is 363 g/mol. The monoisotopic (exact) mass is 390 g/mol. The second kappa shape index (κ2) is 9.85. The Morgan fingerprint density at radius 2 is 1.85 bits per heavy atom. The van der Waals surface area contributed by atoms with E-state index in [0.717, 1.165) is 19.5 Å². The normalized spacial score (nSPS) is 11.2. The maximum Gasteiger partial charge on any atom is 0.188 e. The van der Waals surface area contributed by atoms with E-state index in [1.165, 1.54) is 11.3 Å². The fourth-order valence-corrected chi connectivity index (χ4v) is 1.63. The van der Waals surface area contributed by atoms with Crippen LogP contribution < -0.4 is 16.0 Å². The number of nitrogens with one attached hydrogen (secondary N) is 1. The molecular formula is C15H27IN4. The summed E-state index contributed by atoms with van der Waals surface area (Å²) in [6, 6.07) is 8.56. The minimum absolute atomic E-state index is 0. The van der Waals surface area contributed by atoms with E-state index >= 15 is 0 Å². The number of nitrogens with two attached hydrogens (primary N) is 1. The first-order chi connectivity index (χ1) is 8.99. The van der Waals surface area contributed by atoms with E-state index in [1.54, 1.807) is 0 Å². The number of anilines is 1. The van der Waals surface area contributed by atoms with E-state index < -0.39 is 0 Å². The average molecular weight is 390 g/mol. The van der Waals surface area contributed by atoms with Crippen LogP contribution in [-0.2, 0) is 6.42 Å². The minimum atomic E-state index is 0. The number of guanidine groups is 1. The predicted octanol–water partition coefficient (Wildman–Crippen LogP) is 2.47. The summed E-state index contributed by atoms with van der Waals surface area (Å²) in [4.78, 5) is 6.36. The molecule has 0 bridgehead atoms. The second-order valence-corrected chi connectivity index (χ2v) is 5.36. The topological polar surface area (TPSA) is 53.6 Å². The Morgan fingerprint density at radius 3 is 2.35 bits per heavy atom. The van der Waals surface area contributed by atoms with Crippen LogP contribution in [0.1, 0.15) is 19.4 Å². The van der Waals surface area contributed by atoms with Crippen molar-refractivity contribution in [3.05, 3.63) is 29.8 Å². The van der Waals surface area contributed by atoms with E-state index in [0.29, 0.717) is 11.9 Å². The molecule has 114 valence electrons. The fourth-order valence-electron chi connectivity index (χ4n) is 1.63. The molecule has 0 heterocycles. The van der Waals surface area contributed by atoms with Crippen molar-refractivity contribution in [1.29, 1.82) is 0 Å². The largest absolute Gasteiger partial charge is 0.378 e. The summed E-state index contributed by atoms with van der Waals surface area (Å²) < 4.78 is 0. The van der Waals surface area contributed by atoms with Crippen LogP contribution in [-0.4, -0.2) is 33.1 Å². The molecule has 0 amide bonds. The minimum Gasteiger partial charge on any atom is -0.378 e.